The molecule has 6 heteroatoms. The molecule has 0 saturated carbocycles. The fourth-order valence-corrected chi connectivity index (χ4v) is 3.05. The van der Waals surface area contributed by atoms with Crippen LogP contribution in [0.5, 0.6) is 0 Å². The Kier molecular flexibility index (Phi) is 4.43. The van der Waals surface area contributed by atoms with Crippen LogP contribution in [0.2, 0.25) is 0 Å². The molecule has 0 spiro atoms. The van der Waals surface area contributed by atoms with Crippen molar-refractivity contribution in [2.75, 3.05) is 11.4 Å². The van der Waals surface area contributed by atoms with Gasteiger partial charge in [0, 0.05) is 23.1 Å². The summed E-state index contributed by atoms with van der Waals surface area (Å²) >= 11 is 3.34. The molecule has 2 amide bonds. The lowest BCUT2D eigenvalue weighted by atomic mass is 10.2. The number of hydrogen-bond donors (Lipinski definition) is 1. The van der Waals surface area contributed by atoms with Crippen LogP contribution in [0.1, 0.15) is 16.8 Å². The van der Waals surface area contributed by atoms with Gasteiger partial charge in [0.05, 0.1) is 11.6 Å². The van der Waals surface area contributed by atoms with E-state index in [1.807, 2.05) is 6.07 Å². The fraction of sp³-hybridized carbons (Fsp3) is 0.176. The van der Waals surface area contributed by atoms with Crippen molar-refractivity contribution < 1.29 is 14.0 Å². The third kappa shape index (κ3) is 3.42. The second-order valence-corrected chi connectivity index (χ2v) is 6.19. The SMILES string of the molecule is O=C(N[C@H]1CC(=O)N(c2ccc(F)cc2)C1)c1ccccc1Br. The lowest BCUT2D eigenvalue weighted by Gasteiger charge is -2.17. The first-order chi connectivity index (χ1) is 11.0. The number of nitrogens with one attached hydrogen (secondary N) is 1. The third-order valence-electron chi connectivity index (χ3n) is 3.72. The molecule has 118 valence electrons. The summed E-state index contributed by atoms with van der Waals surface area (Å²) in [7, 11) is 0. The normalized spacial score (nSPS) is 17.4. The molecule has 1 fully saturated rings. The molecule has 1 aliphatic rings. The molecule has 23 heavy (non-hydrogen) atoms. The van der Waals surface area contributed by atoms with E-state index in [9.17, 15) is 14.0 Å². The molecule has 2 aromatic carbocycles. The maximum absolute atomic E-state index is 13.0. The van der Waals surface area contributed by atoms with E-state index in [2.05, 4.69) is 21.2 Å². The highest BCUT2D eigenvalue weighted by atomic mass is 79.9. The first-order valence-corrected chi connectivity index (χ1v) is 7.95. The number of hydrogen-bond acceptors (Lipinski definition) is 2. The zero-order valence-corrected chi connectivity index (χ0v) is 13.7. The van der Waals surface area contributed by atoms with Crippen LogP contribution in [0.3, 0.4) is 0 Å². The Hall–Kier alpha value is -2.21. The van der Waals surface area contributed by atoms with E-state index in [0.29, 0.717) is 22.3 Å². The van der Waals surface area contributed by atoms with E-state index in [-0.39, 0.29) is 30.1 Å². The van der Waals surface area contributed by atoms with Gasteiger partial charge < -0.3 is 10.2 Å². The van der Waals surface area contributed by atoms with E-state index >= 15 is 0 Å². The summed E-state index contributed by atoms with van der Waals surface area (Å²) in [6.07, 6.45) is 0.230. The van der Waals surface area contributed by atoms with Gasteiger partial charge in [-0.05, 0) is 52.3 Å². The molecule has 0 bridgehead atoms. The Morgan fingerprint density at radius 2 is 1.87 bits per heavy atom. The highest BCUT2D eigenvalue weighted by Crippen LogP contribution is 2.22. The van der Waals surface area contributed by atoms with Gasteiger partial charge in [0.25, 0.3) is 5.91 Å². The molecule has 1 N–H and O–H groups in total. The topological polar surface area (TPSA) is 49.4 Å². The van der Waals surface area contributed by atoms with Crippen molar-refractivity contribution in [1.82, 2.24) is 5.32 Å². The minimum absolute atomic E-state index is 0.0889. The van der Waals surface area contributed by atoms with Crippen molar-refractivity contribution in [3.63, 3.8) is 0 Å². The number of anilines is 1. The molecular weight excluding hydrogens is 363 g/mol. The Labute approximate surface area is 141 Å². The summed E-state index contributed by atoms with van der Waals surface area (Å²) in [6.45, 7) is 0.376. The number of rotatable bonds is 3. The smallest absolute Gasteiger partial charge is 0.252 e. The van der Waals surface area contributed by atoms with Gasteiger partial charge in [0.1, 0.15) is 5.82 Å². The molecule has 1 heterocycles. The quantitative estimate of drug-likeness (QED) is 0.894. The minimum Gasteiger partial charge on any atom is -0.347 e. The van der Waals surface area contributed by atoms with E-state index in [1.54, 1.807) is 35.2 Å². The van der Waals surface area contributed by atoms with Gasteiger partial charge >= 0.3 is 0 Å². The van der Waals surface area contributed by atoms with Crippen LogP contribution in [0.25, 0.3) is 0 Å². The molecular formula is C17H14BrFN2O2. The van der Waals surface area contributed by atoms with Gasteiger partial charge in [0.15, 0.2) is 0 Å². The van der Waals surface area contributed by atoms with Crippen molar-refractivity contribution in [1.29, 1.82) is 0 Å². The van der Waals surface area contributed by atoms with E-state index < -0.39 is 0 Å². The lowest BCUT2D eigenvalue weighted by Crippen LogP contribution is -2.37. The van der Waals surface area contributed by atoms with Crippen LogP contribution in [-0.2, 0) is 4.79 Å². The van der Waals surface area contributed by atoms with Gasteiger partial charge in [0.2, 0.25) is 5.91 Å². The molecule has 0 aliphatic carbocycles. The Balaban J connectivity index is 1.69. The first kappa shape index (κ1) is 15.7. The second-order valence-electron chi connectivity index (χ2n) is 5.34. The standard InChI is InChI=1S/C17H14BrFN2O2/c18-15-4-2-1-3-14(15)17(23)20-12-9-16(22)21(10-12)13-7-5-11(19)6-8-13/h1-8,12H,9-10H2,(H,20,23)/t12-/m0/s1. The number of halogens is 2. The van der Waals surface area contributed by atoms with Crippen LogP contribution < -0.4 is 10.2 Å². The number of nitrogens with zero attached hydrogens (tertiary/aromatic N) is 1. The van der Waals surface area contributed by atoms with E-state index in [4.69, 9.17) is 0 Å². The second kappa shape index (κ2) is 6.50. The number of carbonyl (C=O) groups excluding carboxylic acids is 2. The highest BCUT2D eigenvalue weighted by molar-refractivity contribution is 9.10. The predicted octanol–water partition coefficient (Wildman–Crippen LogP) is 3.12. The maximum atomic E-state index is 13.0. The van der Waals surface area contributed by atoms with Gasteiger partial charge in [-0.1, -0.05) is 12.1 Å². The molecule has 1 aliphatic heterocycles. The van der Waals surface area contributed by atoms with E-state index in [0.717, 1.165) is 0 Å². The van der Waals surface area contributed by atoms with Gasteiger partial charge in [-0.3, -0.25) is 9.59 Å². The fourth-order valence-electron chi connectivity index (χ4n) is 2.58. The van der Waals surface area contributed by atoms with Gasteiger partial charge in [-0.15, -0.1) is 0 Å². The van der Waals surface area contributed by atoms with Crippen molar-refractivity contribution >= 4 is 33.4 Å². The summed E-state index contributed by atoms with van der Waals surface area (Å²) < 4.78 is 13.7. The summed E-state index contributed by atoms with van der Waals surface area (Å²) in [4.78, 5) is 26.0. The largest absolute Gasteiger partial charge is 0.347 e. The third-order valence-corrected chi connectivity index (χ3v) is 4.41. The van der Waals surface area contributed by atoms with Crippen molar-refractivity contribution in [3.05, 3.63) is 64.4 Å². The molecule has 4 nitrogen and oxygen atoms in total. The van der Waals surface area contributed by atoms with Gasteiger partial charge in [-0.2, -0.15) is 0 Å². The molecule has 2 aromatic rings. The maximum Gasteiger partial charge on any atom is 0.252 e. The predicted molar refractivity (Wildman–Crippen MR) is 88.8 cm³/mol. The molecule has 1 saturated heterocycles. The Morgan fingerprint density at radius 1 is 1.17 bits per heavy atom. The highest BCUT2D eigenvalue weighted by Gasteiger charge is 2.31. The number of amides is 2. The lowest BCUT2D eigenvalue weighted by molar-refractivity contribution is -0.117. The van der Waals surface area contributed by atoms with Crippen LogP contribution in [-0.4, -0.2) is 24.4 Å². The zero-order chi connectivity index (χ0) is 16.4. The van der Waals surface area contributed by atoms with Crippen molar-refractivity contribution in [2.24, 2.45) is 0 Å². The number of benzene rings is 2. The zero-order valence-electron chi connectivity index (χ0n) is 12.1. The molecule has 0 unspecified atom stereocenters. The average molecular weight is 377 g/mol. The first-order valence-electron chi connectivity index (χ1n) is 7.16. The van der Waals surface area contributed by atoms with Gasteiger partial charge in [-0.25, -0.2) is 4.39 Å². The monoisotopic (exact) mass is 376 g/mol. The van der Waals surface area contributed by atoms with Crippen LogP contribution in [0.15, 0.2) is 53.0 Å². The molecule has 0 radical (unpaired) electrons. The van der Waals surface area contributed by atoms with Crippen molar-refractivity contribution in [3.8, 4) is 0 Å². The Morgan fingerprint density at radius 3 is 2.57 bits per heavy atom. The van der Waals surface area contributed by atoms with Crippen LogP contribution in [0.4, 0.5) is 10.1 Å². The summed E-state index contributed by atoms with van der Waals surface area (Å²) in [5, 5.41) is 2.87. The summed E-state index contributed by atoms with van der Waals surface area (Å²) in [5.74, 6) is -0.663. The van der Waals surface area contributed by atoms with Crippen LogP contribution >= 0.6 is 15.9 Å². The van der Waals surface area contributed by atoms with E-state index in [1.165, 1.54) is 12.1 Å². The van der Waals surface area contributed by atoms with Crippen LogP contribution in [0, 0.1) is 5.82 Å². The summed E-state index contributed by atoms with van der Waals surface area (Å²) in [5.41, 5.74) is 1.16. The molecule has 3 rings (SSSR count). The summed E-state index contributed by atoms with van der Waals surface area (Å²) in [6, 6.07) is 12.6. The molecule has 0 aromatic heterocycles. The minimum atomic E-state index is -0.348. The Bertz CT molecular complexity index is 749. The molecule has 1 atom stereocenters. The van der Waals surface area contributed by atoms with Crippen molar-refractivity contribution in [2.45, 2.75) is 12.5 Å². The average Bonchev–Trinajstić information content (AvgIpc) is 2.89. The number of carbonyl (C=O) groups is 2.